The molecule has 0 spiro atoms. The van der Waals surface area contributed by atoms with Gasteiger partial charge in [-0.2, -0.15) is 0 Å². The molecular weight excluding hydrogens is 1690 g/mol. The Balaban J connectivity index is 0.000000173. The molecule has 0 amide bonds. The third-order valence-electron chi connectivity index (χ3n) is 28.1. The summed E-state index contributed by atoms with van der Waals surface area (Å²) in [5, 5.41) is 162. The summed E-state index contributed by atoms with van der Waals surface area (Å²) in [7, 11) is 1.84. The lowest BCUT2D eigenvalue weighted by molar-refractivity contribution is -0.300. The number of aliphatic hydroxyl groups is 15. The highest BCUT2D eigenvalue weighted by Crippen LogP contribution is 2.45. The monoisotopic (exact) mass is 1840 g/mol. The molecule has 740 valence electrons. The highest BCUT2D eigenvalue weighted by atomic mass is 16.8. The van der Waals surface area contributed by atoms with Gasteiger partial charge in [0.1, 0.15) is 128 Å². The van der Waals surface area contributed by atoms with Crippen LogP contribution in [0.3, 0.4) is 0 Å². The average Bonchev–Trinajstić information content (AvgIpc) is 1.70. The molecule has 14 rings (SSSR count). The Morgan fingerprint density at radius 3 is 0.858 bits per heavy atom. The van der Waals surface area contributed by atoms with Crippen LogP contribution in [0.15, 0.2) is 0 Å². The molecule has 10 aliphatic heterocycles. The quantitative estimate of drug-likeness (QED) is 0.0346. The van der Waals surface area contributed by atoms with Gasteiger partial charge in [0.25, 0.3) is 0 Å². The van der Waals surface area contributed by atoms with Crippen molar-refractivity contribution in [1.82, 2.24) is 5.32 Å². The molecule has 127 heavy (non-hydrogen) atoms. The summed E-state index contributed by atoms with van der Waals surface area (Å²) in [6.07, 6.45) is -35.6. The van der Waals surface area contributed by atoms with Gasteiger partial charge in [-0.1, -0.05) is 20.8 Å². The average molecular weight is 1840 g/mol. The number of rotatable bonds is 28. The third-order valence-corrected chi connectivity index (χ3v) is 28.1. The van der Waals surface area contributed by atoms with Crippen molar-refractivity contribution >= 4 is 0 Å². The van der Waals surface area contributed by atoms with Crippen LogP contribution < -0.4 is 85.6 Å². The van der Waals surface area contributed by atoms with Gasteiger partial charge in [0, 0.05) is 85.2 Å². The molecule has 10 heterocycles. The fraction of sp³-hybridized carbons (Fsp3) is 1.00. The van der Waals surface area contributed by atoms with Crippen molar-refractivity contribution in [2.75, 3.05) is 59.7 Å². The minimum atomic E-state index is -1.48. The summed E-state index contributed by atoms with van der Waals surface area (Å²) in [5.74, 6) is -2.10. The zero-order valence-electron chi connectivity index (χ0n) is 72.5. The maximum atomic E-state index is 11.2. The van der Waals surface area contributed by atoms with E-state index in [-0.39, 0.29) is 63.3 Å². The van der Waals surface area contributed by atoms with Gasteiger partial charge < -0.3 is 252 Å². The van der Waals surface area contributed by atoms with Crippen molar-refractivity contribution in [3.63, 3.8) is 0 Å². The van der Waals surface area contributed by atoms with E-state index in [2.05, 4.69) is 5.32 Å². The lowest BCUT2D eigenvalue weighted by atomic mass is 9.84. The highest BCUT2D eigenvalue weighted by molar-refractivity contribution is 5.10. The second-order valence-electron chi connectivity index (χ2n) is 37.4. The van der Waals surface area contributed by atoms with E-state index in [0.29, 0.717) is 45.3 Å². The van der Waals surface area contributed by atoms with Crippen molar-refractivity contribution in [2.45, 2.75) is 410 Å². The lowest BCUT2D eigenvalue weighted by Gasteiger charge is -2.49. The smallest absolute Gasteiger partial charge is 0.187 e. The maximum Gasteiger partial charge on any atom is 0.187 e. The molecule has 0 aromatic rings. The van der Waals surface area contributed by atoms with Crippen LogP contribution in [0.1, 0.15) is 98.3 Å². The Labute approximate surface area is 736 Å². The second-order valence-corrected chi connectivity index (χ2v) is 37.4. The molecule has 14 aliphatic rings. The topological polar surface area (TPSA) is 855 Å². The first-order valence-corrected chi connectivity index (χ1v) is 44.7. The molecule has 0 radical (unpaired) electrons. The minimum absolute atomic E-state index is 0.0458. The summed E-state index contributed by atoms with van der Waals surface area (Å²) < 4.78 is 113. The van der Waals surface area contributed by atoms with Crippen molar-refractivity contribution in [3.05, 3.63) is 0 Å². The fourth-order valence-electron chi connectivity index (χ4n) is 19.1. The predicted molar refractivity (Wildman–Crippen MR) is 436 cm³/mol. The van der Waals surface area contributed by atoms with Gasteiger partial charge in [-0.05, 0) is 84.6 Å². The van der Waals surface area contributed by atoms with Crippen LogP contribution in [0.5, 0.6) is 0 Å². The van der Waals surface area contributed by atoms with E-state index in [1.165, 1.54) is 0 Å². The molecule has 4 aliphatic carbocycles. The first-order chi connectivity index (χ1) is 60.2. The minimum Gasteiger partial charge on any atom is -0.394 e. The van der Waals surface area contributed by atoms with Crippen molar-refractivity contribution in [3.8, 4) is 0 Å². The summed E-state index contributed by atoms with van der Waals surface area (Å²) in [5.41, 5.74) is 85.6. The Morgan fingerprint density at radius 2 is 0.583 bits per heavy atom. The standard InChI is InChI=1S/C26H49N5O12.C26H49N5O11.C26H51N5O11/c1-9-16(33)18(35)13(5-27)38-23(9)42-21-14(6-32)39-25(19(21)36)43-22-17(34)11(29)4-12(30)20(22)41-24-10(28)2-3-15(40-24)26(31)7-37-8-26;1-9-16(33)18(35)13(7-27)37-23(9)41-21-14(8-32)38-25(19(21)36)42-22-17(34)11(29)6-12(30)20(22)40-24-10(28)2-3-15(39-24)26(31)4-5-26;1-9-17(33)19(35)15(7-27)38-24(9)41-22-16(8-32)39-26(20(22)36)42-23-18(34)12(29)6-13(30)21(23)40-25-11(28)4-5-14(37-25)10(2)31-3/h9-25,32-36H,2-8,27-31H2,1H3;9-25,32-36H,2-8,27-31H2,1H3;9-26,31-36H,4-8,27-30H2,1-3H3/t2*9-,10-,11-,12+,13+,14-,15+,16-,17+,18-,19-,20-,21-,22-,23?,24-,25+;9-,10+,11-,12-,13+,14+,15+,16-,17-,18+,19-,20-,21-,22-,23-,24?,25-,26+/m111/s1. The Morgan fingerprint density at radius 1 is 0.307 bits per heavy atom. The summed E-state index contributed by atoms with van der Waals surface area (Å²) >= 11 is 0. The number of hydrogen-bond donors (Lipinski definition) is 30. The van der Waals surface area contributed by atoms with Crippen LogP contribution in [0.2, 0.25) is 0 Å². The maximum absolute atomic E-state index is 11.2. The lowest BCUT2D eigenvalue weighted by Crippen LogP contribution is -2.69. The van der Waals surface area contributed by atoms with Gasteiger partial charge in [0.05, 0.1) is 112 Å². The first-order valence-electron chi connectivity index (χ1n) is 44.7. The van der Waals surface area contributed by atoms with Gasteiger partial charge in [-0.3, -0.25) is 0 Å². The molecule has 52 atom stereocenters. The van der Waals surface area contributed by atoms with Gasteiger partial charge in [-0.25, -0.2) is 0 Å². The van der Waals surface area contributed by atoms with Crippen LogP contribution in [0, 0.1) is 17.8 Å². The predicted octanol–water partition coefficient (Wildman–Crippen LogP) is -15.6. The van der Waals surface area contributed by atoms with E-state index >= 15 is 0 Å². The molecule has 0 aromatic carbocycles. The highest BCUT2D eigenvalue weighted by Gasteiger charge is 2.61. The molecule has 0 aromatic heterocycles. The Bertz CT molecular complexity index is 3330. The van der Waals surface area contributed by atoms with E-state index in [1.807, 2.05) is 14.0 Å². The number of nitrogens with two attached hydrogens (primary N) is 14. The van der Waals surface area contributed by atoms with E-state index in [4.69, 9.17) is 170 Å². The zero-order valence-corrected chi connectivity index (χ0v) is 72.5. The summed E-state index contributed by atoms with van der Waals surface area (Å²) in [6.45, 7) is 5.63. The summed E-state index contributed by atoms with van der Waals surface area (Å²) in [4.78, 5) is 0. The number of ether oxygens (including phenoxy) is 19. The van der Waals surface area contributed by atoms with Crippen LogP contribution in [0.25, 0.3) is 0 Å². The molecule has 49 nitrogen and oxygen atoms in total. The largest absolute Gasteiger partial charge is 0.394 e. The van der Waals surface area contributed by atoms with Crippen molar-refractivity contribution in [2.24, 2.45) is 98.0 Å². The molecule has 0 bridgehead atoms. The third kappa shape index (κ3) is 22.9. The Kier molecular flexibility index (Phi) is 36.6. The van der Waals surface area contributed by atoms with Gasteiger partial charge >= 0.3 is 0 Å². The van der Waals surface area contributed by atoms with E-state index in [9.17, 15) is 76.6 Å². The van der Waals surface area contributed by atoms with Crippen molar-refractivity contribution in [1.29, 1.82) is 0 Å². The molecule has 4 saturated carbocycles. The van der Waals surface area contributed by atoms with Gasteiger partial charge in [0.15, 0.2) is 56.6 Å². The number of likely N-dealkylation sites (N-methyl/N-ethyl adjacent to an activating group) is 1. The van der Waals surface area contributed by atoms with Crippen LogP contribution in [-0.4, -0.2) is 448 Å². The number of aliphatic hydroxyl groups excluding tert-OH is 15. The SMILES string of the molecule is CN[C@@H](C)[C@@H]1CC[C@@H](N)[C@@H](O[C@H]2[C@H](O[C@@H]3O[C@H](CO)[C@@H](OC4O[C@@H](CN)[C@@H](O)[C@H](O)[C@H]4C)[C@H]3O)[C@@H](O)[C@H](N)C[C@@H]2N)O1.C[C@H]1C(O[C@H]2[C@@H](O)[C@H](O[C@@H]3[C@@H](O)[C@H](N)C[C@H](N)[C@H]3O[C@H]3O[C@H](C4(N)CC4)CC[C@H]3N)O[C@@H]2CO)O[C@@H](CN)[C@@H](O)[C@@H]1O.C[C@H]1C(O[C@H]2[C@@H](O)[C@H](O[C@@H]3[C@@H](O)[C@H](N)C[C@H](N)[C@H]3O[C@H]3O[C@H](C4(N)COC4)CC[C@H]3N)O[C@@H]2CO)O[C@@H](CN)[C@@H](O)[C@@H]1O. The van der Waals surface area contributed by atoms with E-state index < -0.39 is 324 Å². The first kappa shape index (κ1) is 104. The van der Waals surface area contributed by atoms with Crippen LogP contribution in [0.4, 0.5) is 0 Å². The van der Waals surface area contributed by atoms with Crippen LogP contribution >= 0.6 is 0 Å². The van der Waals surface area contributed by atoms with E-state index in [1.54, 1.807) is 20.8 Å². The van der Waals surface area contributed by atoms with E-state index in [0.717, 1.165) is 19.3 Å². The Hall–Kier alpha value is -1.96. The molecule has 49 heteroatoms. The van der Waals surface area contributed by atoms with Gasteiger partial charge in [-0.15, -0.1) is 0 Å². The molecule has 3 unspecified atom stereocenters. The van der Waals surface area contributed by atoms with Crippen LogP contribution in [-0.2, 0) is 90.0 Å². The summed E-state index contributed by atoms with van der Waals surface area (Å²) in [6, 6.07) is -5.68. The fourth-order valence-corrected chi connectivity index (χ4v) is 19.1. The molecule has 14 fully saturated rings. The van der Waals surface area contributed by atoms with Crippen molar-refractivity contribution < 1.29 is 167 Å². The second kappa shape index (κ2) is 44.7. The molecule has 10 saturated heterocycles. The normalized spacial score (nSPS) is 52.0. The molecule has 44 N–H and O–H groups in total. The van der Waals surface area contributed by atoms with Gasteiger partial charge in [0.2, 0.25) is 0 Å². The molecular formula is C78H149N15O34. The zero-order chi connectivity index (χ0) is 92.6. The number of nitrogens with one attached hydrogen (secondary N) is 1. The number of hydrogen-bond acceptors (Lipinski definition) is 49.